The van der Waals surface area contributed by atoms with Crippen LogP contribution in [0.3, 0.4) is 0 Å². The molecule has 1 saturated heterocycles. The quantitative estimate of drug-likeness (QED) is 0.697. The van der Waals surface area contributed by atoms with Crippen molar-refractivity contribution in [3.05, 3.63) is 59.9 Å². The summed E-state index contributed by atoms with van der Waals surface area (Å²) >= 11 is 0. The van der Waals surface area contributed by atoms with Crippen LogP contribution in [0.2, 0.25) is 0 Å². The van der Waals surface area contributed by atoms with Crippen molar-refractivity contribution < 1.29 is 0 Å². The van der Waals surface area contributed by atoms with Gasteiger partial charge in [-0.2, -0.15) is 0 Å². The third-order valence-electron chi connectivity index (χ3n) is 5.06. The Morgan fingerprint density at radius 3 is 2.37 bits per heavy atom. The highest BCUT2D eigenvalue weighted by atomic mass is 35.5. The number of piperazine rings is 1. The number of benzene rings is 1. The molecule has 3 aromatic rings. The second-order valence-electron chi connectivity index (χ2n) is 7.14. The van der Waals surface area contributed by atoms with E-state index in [1.165, 1.54) is 16.8 Å². The molecule has 0 unspecified atom stereocenters. The summed E-state index contributed by atoms with van der Waals surface area (Å²) < 4.78 is 2.24. The van der Waals surface area contributed by atoms with E-state index in [1.54, 1.807) is 0 Å². The zero-order valence-electron chi connectivity index (χ0n) is 15.9. The van der Waals surface area contributed by atoms with E-state index in [-0.39, 0.29) is 24.8 Å². The second kappa shape index (κ2) is 9.56. The fourth-order valence-electron chi connectivity index (χ4n) is 3.54. The Balaban J connectivity index is 0.00000131. The van der Waals surface area contributed by atoms with Gasteiger partial charge < -0.3 is 9.72 Å². The lowest BCUT2D eigenvalue weighted by molar-refractivity contribution is 0.230. The summed E-state index contributed by atoms with van der Waals surface area (Å²) in [7, 11) is 0. The van der Waals surface area contributed by atoms with Gasteiger partial charge in [0.05, 0.1) is 11.4 Å². The molecule has 27 heavy (non-hydrogen) atoms. The molecular formula is C21H28Cl2N4. The van der Waals surface area contributed by atoms with Crippen LogP contribution in [0.5, 0.6) is 0 Å². The highest BCUT2D eigenvalue weighted by molar-refractivity contribution is 5.85. The van der Waals surface area contributed by atoms with Crippen molar-refractivity contribution in [2.75, 3.05) is 26.2 Å². The number of hydrogen-bond acceptors (Lipinski definition) is 3. The van der Waals surface area contributed by atoms with Crippen molar-refractivity contribution in [1.82, 2.24) is 19.6 Å². The number of halogens is 2. The zero-order chi connectivity index (χ0) is 17.2. The standard InChI is InChI=1S/C21H26N4.2ClH/c1-16(2)17-6-8-18(9-7-17)21-19(15-24-13-10-22-11-14-24)25-12-4-3-5-20(25)23-21;;/h3-9,12,16,22H,10-11,13-15H2,1-2H3;2*1H. The molecule has 0 spiro atoms. The van der Waals surface area contributed by atoms with E-state index in [1.807, 2.05) is 0 Å². The fourth-order valence-corrected chi connectivity index (χ4v) is 3.54. The molecule has 1 aliphatic heterocycles. The van der Waals surface area contributed by atoms with Crippen molar-refractivity contribution >= 4 is 30.5 Å². The van der Waals surface area contributed by atoms with Gasteiger partial charge in [0, 0.05) is 44.5 Å². The van der Waals surface area contributed by atoms with E-state index < -0.39 is 0 Å². The summed E-state index contributed by atoms with van der Waals surface area (Å²) in [6.45, 7) is 9.71. The van der Waals surface area contributed by atoms with Gasteiger partial charge in [0.1, 0.15) is 5.65 Å². The molecule has 1 aliphatic rings. The van der Waals surface area contributed by atoms with Gasteiger partial charge in [-0.3, -0.25) is 4.90 Å². The SMILES string of the molecule is CC(C)c1ccc(-c2nc3ccccn3c2CN2CCNCC2)cc1.Cl.Cl. The number of fused-ring (bicyclic) bond motifs is 1. The van der Waals surface area contributed by atoms with Crippen molar-refractivity contribution in [2.45, 2.75) is 26.3 Å². The number of hydrogen-bond donors (Lipinski definition) is 1. The van der Waals surface area contributed by atoms with Crippen LogP contribution in [-0.2, 0) is 6.54 Å². The normalized spacial score (nSPS) is 14.8. The third-order valence-corrected chi connectivity index (χ3v) is 5.06. The topological polar surface area (TPSA) is 32.6 Å². The van der Waals surface area contributed by atoms with E-state index in [9.17, 15) is 0 Å². The first-order valence-corrected chi connectivity index (χ1v) is 9.22. The Morgan fingerprint density at radius 2 is 1.70 bits per heavy atom. The molecule has 146 valence electrons. The largest absolute Gasteiger partial charge is 0.314 e. The Morgan fingerprint density at radius 1 is 1.00 bits per heavy atom. The molecule has 3 heterocycles. The van der Waals surface area contributed by atoms with Gasteiger partial charge in [0.15, 0.2) is 0 Å². The van der Waals surface area contributed by atoms with Gasteiger partial charge in [-0.1, -0.05) is 44.2 Å². The highest BCUT2D eigenvalue weighted by Gasteiger charge is 2.18. The summed E-state index contributed by atoms with van der Waals surface area (Å²) in [4.78, 5) is 7.46. The maximum atomic E-state index is 4.94. The first-order chi connectivity index (χ1) is 12.2. The highest BCUT2D eigenvalue weighted by Crippen LogP contribution is 2.27. The van der Waals surface area contributed by atoms with E-state index in [4.69, 9.17) is 4.98 Å². The molecule has 0 atom stereocenters. The fraction of sp³-hybridized carbons (Fsp3) is 0.381. The maximum Gasteiger partial charge on any atom is 0.137 e. The molecule has 0 saturated carbocycles. The van der Waals surface area contributed by atoms with Crippen LogP contribution in [0.15, 0.2) is 48.7 Å². The van der Waals surface area contributed by atoms with Crippen molar-refractivity contribution in [1.29, 1.82) is 0 Å². The third kappa shape index (κ3) is 4.64. The summed E-state index contributed by atoms with van der Waals surface area (Å²) in [6, 6.07) is 15.1. The summed E-state index contributed by atoms with van der Waals surface area (Å²) in [5.41, 5.74) is 6.00. The lowest BCUT2D eigenvalue weighted by Gasteiger charge is -2.27. The number of nitrogens with one attached hydrogen (secondary N) is 1. The summed E-state index contributed by atoms with van der Waals surface area (Å²) in [5, 5.41) is 3.43. The number of aromatic nitrogens is 2. The molecule has 6 heteroatoms. The number of rotatable bonds is 4. The molecule has 4 rings (SSSR count). The van der Waals surface area contributed by atoms with Gasteiger partial charge in [-0.15, -0.1) is 24.8 Å². The lowest BCUT2D eigenvalue weighted by atomic mass is 10.0. The van der Waals surface area contributed by atoms with Crippen LogP contribution >= 0.6 is 24.8 Å². The van der Waals surface area contributed by atoms with Gasteiger partial charge in [0.2, 0.25) is 0 Å². The van der Waals surface area contributed by atoms with Gasteiger partial charge in [-0.05, 0) is 23.6 Å². The van der Waals surface area contributed by atoms with E-state index in [0.29, 0.717) is 5.92 Å². The number of pyridine rings is 1. The van der Waals surface area contributed by atoms with E-state index in [0.717, 1.165) is 44.1 Å². The van der Waals surface area contributed by atoms with Crippen LogP contribution < -0.4 is 5.32 Å². The molecule has 0 aliphatic carbocycles. The average Bonchev–Trinajstić information content (AvgIpc) is 3.01. The number of nitrogens with zero attached hydrogens (tertiary/aromatic N) is 3. The van der Waals surface area contributed by atoms with Crippen LogP contribution in [0, 0.1) is 0 Å². The Labute approximate surface area is 173 Å². The van der Waals surface area contributed by atoms with Gasteiger partial charge >= 0.3 is 0 Å². The molecule has 4 nitrogen and oxygen atoms in total. The smallest absolute Gasteiger partial charge is 0.137 e. The van der Waals surface area contributed by atoms with Crippen molar-refractivity contribution in [2.24, 2.45) is 0 Å². The predicted octanol–water partition coefficient (Wildman–Crippen LogP) is 4.37. The monoisotopic (exact) mass is 406 g/mol. The average molecular weight is 407 g/mol. The lowest BCUT2D eigenvalue weighted by Crippen LogP contribution is -2.43. The van der Waals surface area contributed by atoms with Crippen LogP contribution in [0.4, 0.5) is 0 Å². The predicted molar refractivity (Wildman–Crippen MR) is 117 cm³/mol. The molecule has 0 bridgehead atoms. The summed E-state index contributed by atoms with van der Waals surface area (Å²) in [6.07, 6.45) is 2.13. The van der Waals surface area contributed by atoms with Gasteiger partial charge in [0.25, 0.3) is 0 Å². The second-order valence-corrected chi connectivity index (χ2v) is 7.14. The minimum Gasteiger partial charge on any atom is -0.314 e. The molecule has 0 amide bonds. The van der Waals surface area contributed by atoms with E-state index in [2.05, 4.69) is 77.1 Å². The first kappa shape index (κ1) is 21.7. The maximum absolute atomic E-state index is 4.94. The molecule has 0 radical (unpaired) electrons. The molecule has 1 fully saturated rings. The Bertz CT molecular complexity index is 852. The zero-order valence-corrected chi connectivity index (χ0v) is 17.5. The van der Waals surface area contributed by atoms with Crippen molar-refractivity contribution in [3.63, 3.8) is 0 Å². The molecule has 2 aromatic heterocycles. The van der Waals surface area contributed by atoms with Crippen molar-refractivity contribution in [3.8, 4) is 11.3 Å². The molecule has 1 aromatic carbocycles. The van der Waals surface area contributed by atoms with Crippen LogP contribution in [-0.4, -0.2) is 40.5 Å². The molecular weight excluding hydrogens is 379 g/mol. The van der Waals surface area contributed by atoms with Gasteiger partial charge in [-0.25, -0.2) is 4.98 Å². The van der Waals surface area contributed by atoms with E-state index >= 15 is 0 Å². The first-order valence-electron chi connectivity index (χ1n) is 9.22. The van der Waals surface area contributed by atoms with Crippen LogP contribution in [0.25, 0.3) is 16.9 Å². The minimum absolute atomic E-state index is 0. The van der Waals surface area contributed by atoms with Crippen LogP contribution in [0.1, 0.15) is 31.0 Å². The minimum atomic E-state index is 0. The number of imidazole rings is 1. The summed E-state index contributed by atoms with van der Waals surface area (Å²) in [5.74, 6) is 0.551. The Hall–Kier alpha value is -1.59. The Kier molecular flexibility index (Phi) is 7.68. The molecule has 1 N–H and O–H groups in total.